The summed E-state index contributed by atoms with van der Waals surface area (Å²) in [6, 6.07) is 0. The zero-order chi connectivity index (χ0) is 18.1. The first kappa shape index (κ1) is 20.1. The number of nitrogens with two attached hydrogens (primary N) is 1. The molecular formula is C15H24N2O6S. The molecule has 0 saturated heterocycles. The summed E-state index contributed by atoms with van der Waals surface area (Å²) in [4.78, 5) is 34.9. The number of nitrogens with zero attached hydrogens (tertiary/aromatic N) is 1. The zero-order valence-corrected chi connectivity index (χ0v) is 14.3. The number of hydrogen-bond acceptors (Lipinski definition) is 6. The van der Waals surface area contributed by atoms with Crippen LogP contribution in [0.5, 0.6) is 0 Å². The van der Waals surface area contributed by atoms with Crippen LogP contribution in [0.25, 0.3) is 0 Å². The van der Waals surface area contributed by atoms with Crippen LogP contribution in [0.3, 0.4) is 0 Å². The van der Waals surface area contributed by atoms with Crippen molar-refractivity contribution in [1.29, 1.82) is 0 Å². The lowest BCUT2D eigenvalue weighted by Crippen LogP contribution is -2.38. The molecule has 9 heteroatoms. The molecule has 8 nitrogen and oxygen atoms in total. The van der Waals surface area contributed by atoms with E-state index in [2.05, 4.69) is 12.6 Å². The molecule has 1 rings (SSSR count). The molecule has 0 spiro atoms. The Labute approximate surface area is 146 Å². The van der Waals surface area contributed by atoms with E-state index < -0.39 is 18.0 Å². The van der Waals surface area contributed by atoms with Crippen molar-refractivity contribution < 1.29 is 29.3 Å². The second-order valence-corrected chi connectivity index (χ2v) is 6.01. The highest BCUT2D eigenvalue weighted by molar-refractivity contribution is 7.83. The van der Waals surface area contributed by atoms with Crippen LogP contribution in [0.4, 0.5) is 4.79 Å². The molecule has 0 aromatic rings. The second kappa shape index (κ2) is 10.1. The SMILES string of the molecule is N/C(=C\S)N(CCCCC(=O)O)C(=O)OC1CCC(C(=O)O)CC1. The molecule has 1 aliphatic carbocycles. The molecule has 0 aromatic carbocycles. The van der Waals surface area contributed by atoms with E-state index in [4.69, 9.17) is 20.7 Å². The summed E-state index contributed by atoms with van der Waals surface area (Å²) in [6.45, 7) is 0.236. The molecule has 0 radical (unpaired) electrons. The van der Waals surface area contributed by atoms with Crippen LogP contribution in [-0.2, 0) is 14.3 Å². The minimum Gasteiger partial charge on any atom is -0.481 e. The maximum Gasteiger partial charge on any atom is 0.415 e. The Balaban J connectivity index is 2.50. The molecular weight excluding hydrogens is 336 g/mol. The smallest absolute Gasteiger partial charge is 0.415 e. The van der Waals surface area contributed by atoms with E-state index in [1.807, 2.05) is 0 Å². The van der Waals surface area contributed by atoms with Crippen molar-refractivity contribution >= 4 is 30.7 Å². The van der Waals surface area contributed by atoms with Crippen molar-refractivity contribution in [2.24, 2.45) is 11.7 Å². The van der Waals surface area contributed by atoms with Crippen molar-refractivity contribution in [3.63, 3.8) is 0 Å². The summed E-state index contributed by atoms with van der Waals surface area (Å²) in [5.41, 5.74) is 5.74. The van der Waals surface area contributed by atoms with Gasteiger partial charge < -0.3 is 20.7 Å². The van der Waals surface area contributed by atoms with Crippen molar-refractivity contribution in [1.82, 2.24) is 4.90 Å². The van der Waals surface area contributed by atoms with E-state index in [0.717, 1.165) is 0 Å². The van der Waals surface area contributed by atoms with Crippen LogP contribution < -0.4 is 5.73 Å². The molecule has 0 bridgehead atoms. The van der Waals surface area contributed by atoms with Crippen molar-refractivity contribution in [3.8, 4) is 0 Å². The normalized spacial score (nSPS) is 21.1. The highest BCUT2D eigenvalue weighted by atomic mass is 32.1. The van der Waals surface area contributed by atoms with Gasteiger partial charge in [-0.3, -0.25) is 14.5 Å². The summed E-state index contributed by atoms with van der Waals surface area (Å²) in [5.74, 6) is -1.97. The van der Waals surface area contributed by atoms with Crippen molar-refractivity contribution in [2.75, 3.05) is 6.54 Å². The lowest BCUT2D eigenvalue weighted by molar-refractivity contribution is -0.143. The highest BCUT2D eigenvalue weighted by Gasteiger charge is 2.29. The van der Waals surface area contributed by atoms with Gasteiger partial charge in [-0.05, 0) is 38.5 Å². The van der Waals surface area contributed by atoms with Gasteiger partial charge in [0.2, 0.25) is 0 Å². The lowest BCUT2D eigenvalue weighted by Gasteiger charge is -2.29. The molecule has 1 saturated carbocycles. The topological polar surface area (TPSA) is 130 Å². The number of carboxylic acids is 2. The number of thiol groups is 1. The lowest BCUT2D eigenvalue weighted by atomic mass is 9.87. The summed E-state index contributed by atoms with van der Waals surface area (Å²) in [5, 5.41) is 18.9. The number of carbonyl (C=O) groups is 3. The van der Waals surface area contributed by atoms with Crippen LogP contribution >= 0.6 is 12.6 Å². The van der Waals surface area contributed by atoms with E-state index in [1.54, 1.807) is 0 Å². The summed E-state index contributed by atoms with van der Waals surface area (Å²) in [7, 11) is 0. The molecule has 0 aromatic heterocycles. The minimum absolute atomic E-state index is 0.0204. The van der Waals surface area contributed by atoms with Gasteiger partial charge in [0.05, 0.1) is 5.92 Å². The number of hydrogen-bond donors (Lipinski definition) is 4. The number of carboxylic acid groups (broad SMARTS) is 2. The Kier molecular flexibility index (Phi) is 8.45. The van der Waals surface area contributed by atoms with Gasteiger partial charge >= 0.3 is 18.0 Å². The number of ether oxygens (including phenoxy) is 1. The van der Waals surface area contributed by atoms with Gasteiger partial charge in [-0.2, -0.15) is 0 Å². The van der Waals surface area contributed by atoms with Gasteiger partial charge in [0.15, 0.2) is 0 Å². The maximum absolute atomic E-state index is 12.3. The largest absolute Gasteiger partial charge is 0.481 e. The average Bonchev–Trinajstić information content (AvgIpc) is 2.54. The van der Waals surface area contributed by atoms with E-state index >= 15 is 0 Å². The average molecular weight is 360 g/mol. The Bertz CT molecular complexity index is 488. The van der Waals surface area contributed by atoms with Gasteiger partial charge in [0.1, 0.15) is 11.9 Å². The fourth-order valence-electron chi connectivity index (χ4n) is 2.58. The first-order valence-corrected chi connectivity index (χ1v) is 8.39. The number of amides is 1. The molecule has 0 unspecified atom stereocenters. The van der Waals surface area contributed by atoms with Crippen LogP contribution in [-0.4, -0.2) is 45.8 Å². The highest BCUT2D eigenvalue weighted by Crippen LogP contribution is 2.27. The van der Waals surface area contributed by atoms with Gasteiger partial charge in [-0.1, -0.05) is 0 Å². The summed E-state index contributed by atoms with van der Waals surface area (Å²) in [6.07, 6.45) is 1.91. The van der Waals surface area contributed by atoms with E-state index in [1.165, 1.54) is 10.3 Å². The molecule has 4 N–H and O–H groups in total. The Morgan fingerprint density at radius 2 is 1.79 bits per heavy atom. The monoisotopic (exact) mass is 360 g/mol. The molecule has 0 aliphatic heterocycles. The minimum atomic E-state index is -0.892. The predicted molar refractivity (Wildman–Crippen MR) is 89.3 cm³/mol. The molecule has 1 aliphatic rings. The first-order valence-electron chi connectivity index (χ1n) is 7.87. The van der Waals surface area contributed by atoms with E-state index in [-0.39, 0.29) is 30.8 Å². The third-order valence-corrected chi connectivity index (χ3v) is 4.24. The predicted octanol–water partition coefficient (Wildman–Crippen LogP) is 2.01. The Hall–Kier alpha value is -1.90. The number of rotatable bonds is 8. The van der Waals surface area contributed by atoms with Crippen molar-refractivity contribution in [2.45, 2.75) is 51.0 Å². The fourth-order valence-corrected chi connectivity index (χ4v) is 2.71. The second-order valence-electron chi connectivity index (χ2n) is 5.75. The van der Waals surface area contributed by atoms with Crippen LogP contribution in [0, 0.1) is 5.92 Å². The Morgan fingerprint density at radius 1 is 1.17 bits per heavy atom. The number of carbonyl (C=O) groups excluding carboxylic acids is 1. The molecule has 136 valence electrons. The third-order valence-electron chi connectivity index (χ3n) is 3.98. The summed E-state index contributed by atoms with van der Waals surface area (Å²) >= 11 is 3.93. The fraction of sp³-hybridized carbons (Fsp3) is 0.667. The van der Waals surface area contributed by atoms with Crippen molar-refractivity contribution in [3.05, 3.63) is 11.2 Å². The Morgan fingerprint density at radius 3 is 2.29 bits per heavy atom. The molecule has 24 heavy (non-hydrogen) atoms. The molecule has 0 atom stereocenters. The molecule has 1 fully saturated rings. The van der Waals surface area contributed by atoms with Gasteiger partial charge in [0.25, 0.3) is 0 Å². The number of aliphatic carboxylic acids is 2. The van der Waals surface area contributed by atoms with Crippen LogP contribution in [0.15, 0.2) is 11.2 Å². The summed E-state index contributed by atoms with van der Waals surface area (Å²) < 4.78 is 5.41. The van der Waals surface area contributed by atoms with Gasteiger partial charge in [-0.15, -0.1) is 12.6 Å². The molecule has 0 heterocycles. The maximum atomic E-state index is 12.3. The zero-order valence-electron chi connectivity index (χ0n) is 13.4. The molecule has 1 amide bonds. The quantitative estimate of drug-likeness (QED) is 0.385. The third kappa shape index (κ3) is 6.69. The van der Waals surface area contributed by atoms with Gasteiger partial charge in [-0.25, -0.2) is 4.79 Å². The van der Waals surface area contributed by atoms with Crippen LogP contribution in [0.1, 0.15) is 44.9 Å². The van der Waals surface area contributed by atoms with E-state index in [0.29, 0.717) is 38.5 Å². The first-order chi connectivity index (χ1) is 11.3. The van der Waals surface area contributed by atoms with Crippen LogP contribution in [0.2, 0.25) is 0 Å². The number of unbranched alkanes of at least 4 members (excludes halogenated alkanes) is 1. The van der Waals surface area contributed by atoms with Gasteiger partial charge in [0, 0.05) is 18.4 Å². The standard InChI is InChI=1S/C15H24N2O6S/c16-12(9-24)17(8-2-1-3-13(18)19)15(22)23-11-6-4-10(5-7-11)14(20)21/h9-11,24H,1-8,16H2,(H,18,19)(H,20,21)/b12-9+. The van der Waals surface area contributed by atoms with E-state index in [9.17, 15) is 14.4 Å².